The molecule has 0 bridgehead atoms. The Bertz CT molecular complexity index is 469. The molecule has 15 heavy (non-hydrogen) atoms. The SMILES string of the molecule is O=C=NCc1ccc(-n2cncn2)cc1. The summed E-state index contributed by atoms with van der Waals surface area (Å²) < 4.78 is 1.66. The Kier molecular flexibility index (Phi) is 2.67. The highest BCUT2D eigenvalue weighted by molar-refractivity contribution is 5.36. The molecule has 0 saturated heterocycles. The van der Waals surface area contributed by atoms with E-state index >= 15 is 0 Å². The molecule has 5 nitrogen and oxygen atoms in total. The van der Waals surface area contributed by atoms with Gasteiger partial charge >= 0.3 is 0 Å². The Morgan fingerprint density at radius 2 is 2.13 bits per heavy atom. The summed E-state index contributed by atoms with van der Waals surface area (Å²) >= 11 is 0. The molecule has 1 aromatic carbocycles. The minimum atomic E-state index is 0.362. The van der Waals surface area contributed by atoms with Crippen molar-refractivity contribution in [2.45, 2.75) is 6.54 Å². The van der Waals surface area contributed by atoms with E-state index in [-0.39, 0.29) is 0 Å². The van der Waals surface area contributed by atoms with Crippen molar-refractivity contribution in [1.29, 1.82) is 0 Å². The first-order valence-electron chi connectivity index (χ1n) is 4.38. The van der Waals surface area contributed by atoms with Gasteiger partial charge in [-0.2, -0.15) is 5.10 Å². The van der Waals surface area contributed by atoms with Crippen LogP contribution in [-0.2, 0) is 11.3 Å². The van der Waals surface area contributed by atoms with Crippen molar-refractivity contribution in [2.75, 3.05) is 0 Å². The zero-order chi connectivity index (χ0) is 10.5. The molecule has 0 saturated carbocycles. The first-order chi connectivity index (χ1) is 7.40. The van der Waals surface area contributed by atoms with E-state index in [1.54, 1.807) is 11.0 Å². The van der Waals surface area contributed by atoms with Crippen LogP contribution in [0.15, 0.2) is 41.9 Å². The van der Waals surface area contributed by atoms with Crippen molar-refractivity contribution in [3.8, 4) is 5.69 Å². The lowest BCUT2D eigenvalue weighted by Crippen LogP contribution is -1.94. The van der Waals surface area contributed by atoms with Crippen LogP contribution in [0.25, 0.3) is 5.69 Å². The average molecular weight is 200 g/mol. The number of benzene rings is 1. The molecular weight excluding hydrogens is 192 g/mol. The topological polar surface area (TPSA) is 60.1 Å². The maximum Gasteiger partial charge on any atom is 0.235 e. The molecule has 1 aromatic heterocycles. The highest BCUT2D eigenvalue weighted by Crippen LogP contribution is 2.08. The van der Waals surface area contributed by atoms with Crippen LogP contribution in [0.1, 0.15) is 5.56 Å². The van der Waals surface area contributed by atoms with E-state index in [0.717, 1.165) is 11.3 Å². The number of hydrogen-bond acceptors (Lipinski definition) is 4. The van der Waals surface area contributed by atoms with Gasteiger partial charge < -0.3 is 0 Å². The third-order valence-corrected chi connectivity index (χ3v) is 1.95. The largest absolute Gasteiger partial charge is 0.235 e. The number of rotatable bonds is 3. The fourth-order valence-corrected chi connectivity index (χ4v) is 1.22. The van der Waals surface area contributed by atoms with E-state index < -0.39 is 0 Å². The summed E-state index contributed by atoms with van der Waals surface area (Å²) in [6.45, 7) is 0.362. The number of aliphatic imine (C=N–C) groups is 1. The molecule has 0 aliphatic heterocycles. The lowest BCUT2D eigenvalue weighted by Gasteiger charge is -2.00. The Morgan fingerprint density at radius 3 is 2.73 bits per heavy atom. The molecule has 0 aliphatic rings. The van der Waals surface area contributed by atoms with Gasteiger partial charge in [0.15, 0.2) is 0 Å². The number of nitrogens with zero attached hydrogens (tertiary/aromatic N) is 4. The molecule has 2 rings (SSSR count). The highest BCUT2D eigenvalue weighted by atomic mass is 16.1. The van der Waals surface area contributed by atoms with Crippen molar-refractivity contribution in [2.24, 2.45) is 4.99 Å². The number of hydrogen-bond donors (Lipinski definition) is 0. The van der Waals surface area contributed by atoms with Gasteiger partial charge in [-0.05, 0) is 17.7 Å². The summed E-state index contributed by atoms with van der Waals surface area (Å²) in [7, 11) is 0. The van der Waals surface area contributed by atoms with Crippen molar-refractivity contribution in [1.82, 2.24) is 14.8 Å². The molecule has 0 N–H and O–H groups in total. The van der Waals surface area contributed by atoms with Crippen molar-refractivity contribution in [3.63, 3.8) is 0 Å². The predicted molar refractivity (Wildman–Crippen MR) is 53.2 cm³/mol. The zero-order valence-corrected chi connectivity index (χ0v) is 7.87. The monoisotopic (exact) mass is 200 g/mol. The quantitative estimate of drug-likeness (QED) is 0.550. The van der Waals surface area contributed by atoms with E-state index in [1.807, 2.05) is 24.3 Å². The smallest absolute Gasteiger partial charge is 0.223 e. The zero-order valence-electron chi connectivity index (χ0n) is 7.87. The van der Waals surface area contributed by atoms with Gasteiger partial charge in [0.05, 0.1) is 12.2 Å². The van der Waals surface area contributed by atoms with Gasteiger partial charge in [-0.15, -0.1) is 0 Å². The van der Waals surface area contributed by atoms with Crippen molar-refractivity contribution < 1.29 is 4.79 Å². The molecular formula is C10H8N4O. The number of carbonyl (C=O) groups excluding carboxylic acids is 1. The number of aromatic nitrogens is 3. The summed E-state index contributed by atoms with van der Waals surface area (Å²) in [4.78, 5) is 17.3. The molecule has 0 amide bonds. The fourth-order valence-electron chi connectivity index (χ4n) is 1.22. The van der Waals surface area contributed by atoms with Crippen molar-refractivity contribution in [3.05, 3.63) is 42.5 Å². The Labute approximate surface area is 86.1 Å². The Morgan fingerprint density at radius 1 is 1.33 bits per heavy atom. The molecule has 1 heterocycles. The maximum atomic E-state index is 9.92. The molecule has 74 valence electrons. The summed E-state index contributed by atoms with van der Waals surface area (Å²) in [5.41, 5.74) is 1.88. The molecule has 2 aromatic rings. The normalized spacial score (nSPS) is 9.60. The Balaban J connectivity index is 2.21. The summed E-state index contributed by atoms with van der Waals surface area (Å²) in [5, 5.41) is 4.00. The second kappa shape index (κ2) is 4.30. The van der Waals surface area contributed by atoms with Crippen LogP contribution in [0, 0.1) is 0 Å². The molecule has 0 spiro atoms. The van der Waals surface area contributed by atoms with Crippen LogP contribution < -0.4 is 0 Å². The lowest BCUT2D eigenvalue weighted by molar-refractivity contribution is 0.563. The Hall–Kier alpha value is -2.26. The molecule has 0 atom stereocenters. The van der Waals surface area contributed by atoms with Gasteiger partial charge in [0, 0.05) is 0 Å². The van der Waals surface area contributed by atoms with Crippen LogP contribution >= 0.6 is 0 Å². The van der Waals surface area contributed by atoms with Crippen LogP contribution in [0.4, 0.5) is 0 Å². The second-order valence-electron chi connectivity index (χ2n) is 2.91. The standard InChI is InChI=1S/C10H8N4O/c15-8-11-5-9-1-3-10(4-2-9)14-7-12-6-13-14/h1-4,6-7H,5H2. The first kappa shape index (κ1) is 9.30. The van der Waals surface area contributed by atoms with Gasteiger partial charge in [0.2, 0.25) is 6.08 Å². The van der Waals surface area contributed by atoms with Gasteiger partial charge in [0.25, 0.3) is 0 Å². The van der Waals surface area contributed by atoms with Crippen LogP contribution in [0.3, 0.4) is 0 Å². The van der Waals surface area contributed by atoms with Crippen LogP contribution in [0.2, 0.25) is 0 Å². The average Bonchev–Trinajstić information content (AvgIpc) is 2.80. The predicted octanol–water partition coefficient (Wildman–Crippen LogP) is 1.10. The third-order valence-electron chi connectivity index (χ3n) is 1.95. The first-order valence-corrected chi connectivity index (χ1v) is 4.38. The van der Waals surface area contributed by atoms with E-state index in [9.17, 15) is 4.79 Å². The minimum absolute atomic E-state index is 0.362. The maximum absolute atomic E-state index is 9.92. The molecule has 5 heteroatoms. The lowest BCUT2D eigenvalue weighted by atomic mass is 10.2. The van der Waals surface area contributed by atoms with Gasteiger partial charge in [-0.3, -0.25) is 0 Å². The number of isocyanates is 1. The van der Waals surface area contributed by atoms with E-state index in [1.165, 1.54) is 12.4 Å². The minimum Gasteiger partial charge on any atom is -0.223 e. The molecule has 0 radical (unpaired) electrons. The van der Waals surface area contributed by atoms with Crippen molar-refractivity contribution >= 4 is 6.08 Å². The van der Waals surface area contributed by atoms with Gasteiger partial charge in [-0.1, -0.05) is 12.1 Å². The van der Waals surface area contributed by atoms with Gasteiger partial charge in [-0.25, -0.2) is 19.5 Å². The second-order valence-corrected chi connectivity index (χ2v) is 2.91. The summed E-state index contributed by atoms with van der Waals surface area (Å²) in [5.74, 6) is 0. The van der Waals surface area contributed by atoms with Gasteiger partial charge in [0.1, 0.15) is 12.7 Å². The van der Waals surface area contributed by atoms with Crippen LogP contribution in [-0.4, -0.2) is 20.8 Å². The highest BCUT2D eigenvalue weighted by Gasteiger charge is 1.96. The molecule has 0 aliphatic carbocycles. The molecule has 0 fully saturated rings. The van der Waals surface area contributed by atoms with E-state index in [0.29, 0.717) is 6.54 Å². The van der Waals surface area contributed by atoms with Crippen LogP contribution in [0.5, 0.6) is 0 Å². The van der Waals surface area contributed by atoms with E-state index in [4.69, 9.17) is 0 Å². The molecule has 0 unspecified atom stereocenters. The summed E-state index contributed by atoms with van der Waals surface area (Å²) in [6.07, 6.45) is 4.61. The third kappa shape index (κ3) is 2.15. The van der Waals surface area contributed by atoms with E-state index in [2.05, 4.69) is 15.1 Å². The summed E-state index contributed by atoms with van der Waals surface area (Å²) in [6, 6.07) is 7.56. The fraction of sp³-hybridized carbons (Fsp3) is 0.100.